The highest BCUT2D eigenvalue weighted by atomic mass is 19.3. The lowest BCUT2D eigenvalue weighted by molar-refractivity contribution is -0.113. The molecule has 6 rings (SSSR count). The third-order valence-electron chi connectivity index (χ3n) is 8.83. The van der Waals surface area contributed by atoms with Crippen LogP contribution in [0.1, 0.15) is 72.2 Å². The highest BCUT2D eigenvalue weighted by molar-refractivity contribution is 6.02. The molecular weight excluding hydrogens is 559 g/mol. The molecule has 2 aliphatic rings. The number of pyridine rings is 1. The smallest absolute Gasteiger partial charge is 0.282 e. The number of hydrogen-bond donors (Lipinski definition) is 1. The molecule has 226 valence electrons. The van der Waals surface area contributed by atoms with Gasteiger partial charge in [0, 0.05) is 43.3 Å². The van der Waals surface area contributed by atoms with Crippen LogP contribution in [0.2, 0.25) is 0 Å². The van der Waals surface area contributed by atoms with E-state index >= 15 is 4.39 Å². The van der Waals surface area contributed by atoms with Gasteiger partial charge in [0.2, 0.25) is 0 Å². The van der Waals surface area contributed by atoms with Gasteiger partial charge < -0.3 is 14.8 Å². The van der Waals surface area contributed by atoms with Gasteiger partial charge in [-0.25, -0.2) is 18.2 Å². The van der Waals surface area contributed by atoms with Crippen LogP contribution >= 0.6 is 0 Å². The van der Waals surface area contributed by atoms with E-state index in [1.807, 2.05) is 6.92 Å². The van der Waals surface area contributed by atoms with Crippen LogP contribution in [0.5, 0.6) is 0 Å². The van der Waals surface area contributed by atoms with Gasteiger partial charge in [0.25, 0.3) is 17.7 Å². The van der Waals surface area contributed by atoms with Crippen molar-refractivity contribution in [3.05, 3.63) is 65.8 Å². The predicted octanol–water partition coefficient (Wildman–Crippen LogP) is 5.38. The monoisotopic (exact) mass is 593 g/mol. The molecule has 1 aliphatic heterocycles. The number of rotatable bonds is 7. The number of carbonyl (C=O) groups is 2. The molecular formula is C31H34F3N7O2. The van der Waals surface area contributed by atoms with Gasteiger partial charge in [-0.15, -0.1) is 0 Å². The van der Waals surface area contributed by atoms with E-state index in [1.54, 1.807) is 34.6 Å². The molecule has 1 saturated carbocycles. The molecule has 9 nitrogen and oxygen atoms in total. The molecule has 12 heteroatoms. The van der Waals surface area contributed by atoms with Gasteiger partial charge in [-0.3, -0.25) is 19.3 Å². The summed E-state index contributed by atoms with van der Waals surface area (Å²) in [4.78, 5) is 36.5. The lowest BCUT2D eigenvalue weighted by Crippen LogP contribution is -2.58. The summed E-state index contributed by atoms with van der Waals surface area (Å²) in [5, 5.41) is 7.41. The summed E-state index contributed by atoms with van der Waals surface area (Å²) >= 11 is 0. The molecule has 0 unspecified atom stereocenters. The van der Waals surface area contributed by atoms with Gasteiger partial charge in [-0.2, -0.15) is 5.10 Å². The van der Waals surface area contributed by atoms with E-state index in [4.69, 9.17) is 4.98 Å². The Morgan fingerprint density at radius 2 is 1.81 bits per heavy atom. The third-order valence-corrected chi connectivity index (χ3v) is 8.83. The van der Waals surface area contributed by atoms with E-state index in [1.165, 1.54) is 24.5 Å². The molecule has 1 aliphatic carbocycles. The fourth-order valence-electron chi connectivity index (χ4n) is 6.39. The highest BCUT2D eigenvalue weighted by Gasteiger charge is 2.46. The number of likely N-dealkylation sites (tertiary alicyclic amines) is 1. The number of imidazole rings is 1. The number of amides is 2. The van der Waals surface area contributed by atoms with Crippen molar-refractivity contribution < 1.29 is 22.8 Å². The van der Waals surface area contributed by atoms with Gasteiger partial charge in [0.05, 0.1) is 30.2 Å². The van der Waals surface area contributed by atoms with Crippen LogP contribution in [-0.4, -0.2) is 60.0 Å². The van der Waals surface area contributed by atoms with Crippen LogP contribution in [0.4, 0.5) is 13.2 Å². The zero-order chi connectivity index (χ0) is 30.5. The fourth-order valence-corrected chi connectivity index (χ4v) is 6.39. The minimum Gasteiger partial charge on any atom is -0.340 e. The quantitative estimate of drug-likeness (QED) is 0.310. The molecule has 1 atom stereocenters. The number of halogens is 3. The Bertz CT molecular complexity index is 1680. The average Bonchev–Trinajstić information content (AvgIpc) is 3.60. The van der Waals surface area contributed by atoms with Crippen LogP contribution in [0.3, 0.4) is 0 Å². The number of aromatic nitrogens is 5. The lowest BCUT2D eigenvalue weighted by atomic mass is 9.79. The van der Waals surface area contributed by atoms with Crippen LogP contribution in [0.15, 0.2) is 42.9 Å². The van der Waals surface area contributed by atoms with Crippen molar-refractivity contribution in [1.82, 2.24) is 34.5 Å². The minimum absolute atomic E-state index is 0.0974. The lowest BCUT2D eigenvalue weighted by Gasteiger charge is -2.38. The van der Waals surface area contributed by atoms with Gasteiger partial charge in [0.1, 0.15) is 17.0 Å². The molecule has 2 amide bonds. The van der Waals surface area contributed by atoms with Crippen molar-refractivity contribution in [2.24, 2.45) is 18.9 Å². The van der Waals surface area contributed by atoms with Crippen molar-refractivity contribution in [2.45, 2.75) is 58.0 Å². The summed E-state index contributed by atoms with van der Waals surface area (Å²) < 4.78 is 46.7. The largest absolute Gasteiger partial charge is 0.340 e. The molecule has 0 bridgehead atoms. The molecule has 1 N–H and O–H groups in total. The normalized spacial score (nSPS) is 20.6. The number of nitrogens with zero attached hydrogens (tertiary/aromatic N) is 6. The van der Waals surface area contributed by atoms with E-state index in [9.17, 15) is 18.4 Å². The number of carbonyl (C=O) groups excluding carboxylic acids is 2. The van der Waals surface area contributed by atoms with Crippen LogP contribution in [0.25, 0.3) is 22.2 Å². The topological polar surface area (TPSA) is 97.9 Å². The summed E-state index contributed by atoms with van der Waals surface area (Å²) in [6, 6.07) is 5.83. The summed E-state index contributed by atoms with van der Waals surface area (Å²) in [6.07, 6.45) is 8.18. The Hall–Kier alpha value is -4.22. The Balaban J connectivity index is 1.39. The Kier molecular flexibility index (Phi) is 7.47. The van der Waals surface area contributed by atoms with Crippen molar-refractivity contribution in [3.63, 3.8) is 0 Å². The fraction of sp³-hybridized carbons (Fsp3) is 0.452. The molecule has 2 fully saturated rings. The first-order chi connectivity index (χ1) is 20.6. The molecule has 4 aromatic rings. The SMILES string of the molecule is CCn1nccc1C(=O)N[C@H](c1nc2ccc(-c3cnccc3C(=O)N3CC(F)(F)C3)c(F)c2n1C)C1CCC(C)CC1. The first-order valence-corrected chi connectivity index (χ1v) is 14.7. The first kappa shape index (κ1) is 28.9. The Labute approximate surface area is 247 Å². The summed E-state index contributed by atoms with van der Waals surface area (Å²) in [6.45, 7) is 3.33. The number of alkyl halides is 2. The van der Waals surface area contributed by atoms with Crippen LogP contribution in [-0.2, 0) is 13.6 Å². The molecule has 0 spiro atoms. The van der Waals surface area contributed by atoms with E-state index in [0.717, 1.165) is 30.6 Å². The second-order valence-corrected chi connectivity index (χ2v) is 11.8. The number of hydrogen-bond acceptors (Lipinski definition) is 5. The number of aryl methyl sites for hydroxylation is 2. The second kappa shape index (κ2) is 11.1. The molecule has 43 heavy (non-hydrogen) atoms. The van der Waals surface area contributed by atoms with Crippen molar-refractivity contribution in [1.29, 1.82) is 0 Å². The van der Waals surface area contributed by atoms with Crippen molar-refractivity contribution >= 4 is 22.8 Å². The maximum Gasteiger partial charge on any atom is 0.282 e. The standard InChI is InChI=1S/C31H34F3N7O2/c1-4-41-24(12-14-36-41)29(42)38-26(19-7-5-18(2)6-8-19)28-37-23-10-9-20(25(32)27(23)39(28)3)22-15-35-13-11-21(22)30(43)40-16-31(33,34)17-40/h9-15,18-19,26H,4-8,16-17H2,1-3H3,(H,38,42)/t18?,19?,26-/m0/s1. The van der Waals surface area contributed by atoms with E-state index in [-0.39, 0.29) is 34.0 Å². The minimum atomic E-state index is -2.92. The molecule has 3 aromatic heterocycles. The zero-order valence-corrected chi connectivity index (χ0v) is 24.4. The predicted molar refractivity (Wildman–Crippen MR) is 154 cm³/mol. The highest BCUT2D eigenvalue weighted by Crippen LogP contribution is 2.39. The molecule has 1 saturated heterocycles. The Morgan fingerprint density at radius 1 is 1.07 bits per heavy atom. The third kappa shape index (κ3) is 5.27. The van der Waals surface area contributed by atoms with Crippen molar-refractivity contribution in [3.8, 4) is 11.1 Å². The molecule has 1 aromatic carbocycles. The number of nitrogens with one attached hydrogen (secondary N) is 1. The second-order valence-electron chi connectivity index (χ2n) is 11.8. The number of fused-ring (bicyclic) bond motifs is 1. The maximum absolute atomic E-state index is 16.4. The summed E-state index contributed by atoms with van der Waals surface area (Å²) in [5.74, 6) is -3.17. The van der Waals surface area contributed by atoms with E-state index in [2.05, 4.69) is 22.3 Å². The van der Waals surface area contributed by atoms with E-state index < -0.39 is 36.8 Å². The molecule has 0 radical (unpaired) electrons. The van der Waals surface area contributed by atoms with Gasteiger partial charge in [-0.05, 0) is 55.9 Å². The van der Waals surface area contributed by atoms with Gasteiger partial charge in [-0.1, -0.05) is 19.8 Å². The first-order valence-electron chi connectivity index (χ1n) is 14.7. The average molecular weight is 594 g/mol. The zero-order valence-electron chi connectivity index (χ0n) is 24.4. The van der Waals surface area contributed by atoms with Crippen LogP contribution in [0, 0.1) is 17.7 Å². The Morgan fingerprint density at radius 3 is 2.51 bits per heavy atom. The van der Waals surface area contributed by atoms with Gasteiger partial charge >= 0.3 is 0 Å². The van der Waals surface area contributed by atoms with Crippen molar-refractivity contribution in [2.75, 3.05) is 13.1 Å². The molecule has 4 heterocycles. The van der Waals surface area contributed by atoms with Crippen LogP contribution < -0.4 is 5.32 Å². The maximum atomic E-state index is 16.4. The summed E-state index contributed by atoms with van der Waals surface area (Å²) in [7, 11) is 1.72. The number of benzene rings is 1. The van der Waals surface area contributed by atoms with Gasteiger partial charge in [0.15, 0.2) is 5.82 Å². The summed E-state index contributed by atoms with van der Waals surface area (Å²) in [5.41, 5.74) is 1.48. The van der Waals surface area contributed by atoms with E-state index in [0.29, 0.717) is 29.5 Å².